The van der Waals surface area contributed by atoms with Crippen molar-refractivity contribution in [2.75, 3.05) is 19.6 Å². The molecule has 204 valence electrons. The third-order valence-corrected chi connectivity index (χ3v) is 7.50. The third-order valence-electron chi connectivity index (χ3n) is 6.72. The van der Waals surface area contributed by atoms with Crippen molar-refractivity contribution in [2.45, 2.75) is 32.0 Å². The van der Waals surface area contributed by atoms with Gasteiger partial charge in [-0.15, -0.1) is 0 Å². The zero-order valence-corrected chi connectivity index (χ0v) is 24.3. The van der Waals surface area contributed by atoms with E-state index in [1.807, 2.05) is 50.2 Å². The monoisotopic (exact) mass is 619 g/mol. The number of hydrogen-bond acceptors (Lipinski definition) is 5. The van der Waals surface area contributed by atoms with Crippen molar-refractivity contribution >= 4 is 45.3 Å². The molecule has 8 nitrogen and oxygen atoms in total. The number of nitriles is 1. The van der Waals surface area contributed by atoms with Crippen molar-refractivity contribution in [3.05, 3.63) is 98.5 Å². The number of benzene rings is 3. The number of urea groups is 1. The summed E-state index contributed by atoms with van der Waals surface area (Å²) in [6.07, 6.45) is -0.182. The molecular formula is C30H27BrClN5O3. The van der Waals surface area contributed by atoms with Gasteiger partial charge < -0.3 is 15.0 Å². The molecule has 5 rings (SSSR count). The molecule has 10 heteroatoms. The van der Waals surface area contributed by atoms with E-state index in [-0.39, 0.29) is 24.6 Å². The summed E-state index contributed by atoms with van der Waals surface area (Å²) in [6, 6.07) is 21.1. The molecule has 0 aromatic heterocycles. The Hall–Kier alpha value is -3.87. The summed E-state index contributed by atoms with van der Waals surface area (Å²) in [5, 5.41) is 12.9. The van der Waals surface area contributed by atoms with Crippen LogP contribution in [0, 0.1) is 11.3 Å². The molecule has 0 radical (unpaired) electrons. The van der Waals surface area contributed by atoms with Crippen LogP contribution >= 0.6 is 27.5 Å². The van der Waals surface area contributed by atoms with Gasteiger partial charge in [-0.25, -0.2) is 4.79 Å². The lowest BCUT2D eigenvalue weighted by atomic mass is 9.93. The van der Waals surface area contributed by atoms with Crippen molar-refractivity contribution in [3.8, 4) is 11.8 Å². The van der Waals surface area contributed by atoms with Gasteiger partial charge in [-0.3, -0.25) is 14.7 Å². The van der Waals surface area contributed by atoms with Crippen molar-refractivity contribution < 1.29 is 14.3 Å². The summed E-state index contributed by atoms with van der Waals surface area (Å²) in [5.41, 5.74) is 2.77. The van der Waals surface area contributed by atoms with Crippen molar-refractivity contribution in [1.82, 2.24) is 15.1 Å². The van der Waals surface area contributed by atoms with Gasteiger partial charge in [-0.1, -0.05) is 51.8 Å². The lowest BCUT2D eigenvalue weighted by Crippen LogP contribution is -2.55. The van der Waals surface area contributed by atoms with Gasteiger partial charge in [0.15, 0.2) is 0 Å². The Morgan fingerprint density at radius 2 is 1.82 bits per heavy atom. The summed E-state index contributed by atoms with van der Waals surface area (Å²) in [7, 11) is 0. The lowest BCUT2D eigenvalue weighted by Gasteiger charge is -2.36. The summed E-state index contributed by atoms with van der Waals surface area (Å²) in [5.74, 6) is 0.643. The van der Waals surface area contributed by atoms with Crippen LogP contribution in [0.4, 0.5) is 4.79 Å². The first-order valence-electron chi connectivity index (χ1n) is 12.9. The van der Waals surface area contributed by atoms with Gasteiger partial charge in [0.2, 0.25) is 5.91 Å². The molecule has 0 unspecified atom stereocenters. The molecule has 2 atom stereocenters. The van der Waals surface area contributed by atoms with Gasteiger partial charge >= 0.3 is 6.03 Å². The van der Waals surface area contributed by atoms with E-state index in [1.54, 1.807) is 35.2 Å². The van der Waals surface area contributed by atoms with E-state index in [9.17, 15) is 14.9 Å². The zero-order chi connectivity index (χ0) is 28.4. The molecule has 0 spiro atoms. The normalized spacial score (nSPS) is 18.8. The number of nitrogens with zero attached hydrogens (tertiary/aromatic N) is 4. The largest absolute Gasteiger partial charge is 0.490 e. The van der Waals surface area contributed by atoms with Crippen molar-refractivity contribution in [2.24, 2.45) is 4.99 Å². The van der Waals surface area contributed by atoms with Crippen LogP contribution < -0.4 is 10.1 Å². The number of hydrogen-bond donors (Lipinski definition) is 1. The molecule has 0 saturated carbocycles. The summed E-state index contributed by atoms with van der Waals surface area (Å²) in [6.45, 7) is 4.48. The zero-order valence-electron chi connectivity index (χ0n) is 22.0. The highest BCUT2D eigenvalue weighted by Crippen LogP contribution is 2.45. The minimum absolute atomic E-state index is 0.0539. The molecule has 3 aromatic carbocycles. The van der Waals surface area contributed by atoms with Gasteiger partial charge in [0.25, 0.3) is 0 Å². The van der Waals surface area contributed by atoms with Gasteiger partial charge in [0.1, 0.15) is 24.2 Å². The first kappa shape index (κ1) is 27.7. The number of carbonyl (C=O) groups excluding carboxylic acids is 2. The lowest BCUT2D eigenvalue weighted by molar-refractivity contribution is -0.123. The van der Waals surface area contributed by atoms with Gasteiger partial charge in [0.05, 0.1) is 29.3 Å². The maximum atomic E-state index is 14.3. The predicted molar refractivity (Wildman–Crippen MR) is 156 cm³/mol. The maximum absolute atomic E-state index is 14.3. The predicted octanol–water partition coefficient (Wildman–Crippen LogP) is 5.86. The Kier molecular flexibility index (Phi) is 8.10. The standard InChI is InChI=1S/C30H27BrClN5O3/c1-18(2)40-25-15-19(16-33)3-12-24(25)29-35-27(20-4-8-22(31)9-5-20)28(21-6-10-23(32)11-7-21)37(29)30(39)36-14-13-34-26(38)17-36/h3-12,15,18,27-28H,13-14,17H2,1-2H3,(H,34,38)/t27-,28+/m0/s1. The number of piperazine rings is 1. The number of nitrogens with one attached hydrogen (secondary N) is 1. The minimum Gasteiger partial charge on any atom is -0.490 e. The molecule has 2 aliphatic rings. The summed E-state index contributed by atoms with van der Waals surface area (Å²) >= 11 is 9.75. The molecule has 1 N–H and O–H groups in total. The average Bonchev–Trinajstić information content (AvgIpc) is 3.33. The Morgan fingerprint density at radius 1 is 1.12 bits per heavy atom. The van der Waals surface area contributed by atoms with E-state index < -0.39 is 12.1 Å². The highest BCUT2D eigenvalue weighted by atomic mass is 79.9. The second-order valence-electron chi connectivity index (χ2n) is 9.86. The summed E-state index contributed by atoms with van der Waals surface area (Å²) < 4.78 is 7.06. The van der Waals surface area contributed by atoms with Crippen LogP contribution in [-0.2, 0) is 4.79 Å². The van der Waals surface area contributed by atoms with Gasteiger partial charge in [0, 0.05) is 22.6 Å². The smallest absolute Gasteiger partial charge is 0.326 e. The number of amidine groups is 1. The molecule has 3 aromatic rings. The Morgan fingerprint density at radius 3 is 2.48 bits per heavy atom. The fraction of sp³-hybridized carbons (Fsp3) is 0.267. The van der Waals surface area contributed by atoms with E-state index >= 15 is 0 Å². The number of halogens is 2. The Bertz CT molecular complexity index is 1500. The van der Waals surface area contributed by atoms with Crippen LogP contribution in [0.25, 0.3) is 0 Å². The van der Waals surface area contributed by atoms with Crippen LogP contribution in [0.2, 0.25) is 5.02 Å². The Labute approximate surface area is 246 Å². The average molecular weight is 621 g/mol. The van der Waals surface area contributed by atoms with E-state index in [0.29, 0.717) is 40.8 Å². The third kappa shape index (κ3) is 5.69. The van der Waals surface area contributed by atoms with Crippen LogP contribution in [0.5, 0.6) is 5.75 Å². The molecule has 40 heavy (non-hydrogen) atoms. The highest BCUT2D eigenvalue weighted by Gasteiger charge is 2.45. The number of carbonyl (C=O) groups is 2. The number of rotatable bonds is 5. The SMILES string of the molecule is CC(C)Oc1cc(C#N)ccc1C1=N[C@@H](c2ccc(Br)cc2)[C@@H](c2ccc(Cl)cc2)N1C(=O)N1CCNC(=O)C1. The molecule has 1 saturated heterocycles. The van der Waals surface area contributed by atoms with Crippen LogP contribution in [0.15, 0.2) is 76.2 Å². The fourth-order valence-corrected chi connectivity index (χ4v) is 5.33. The van der Waals surface area contributed by atoms with Crippen LogP contribution in [-0.4, -0.2) is 53.3 Å². The topological polar surface area (TPSA) is 98.0 Å². The number of amides is 3. The van der Waals surface area contributed by atoms with Crippen molar-refractivity contribution in [1.29, 1.82) is 5.26 Å². The molecule has 2 aliphatic heterocycles. The van der Waals surface area contributed by atoms with E-state index in [1.165, 1.54) is 4.90 Å². The van der Waals surface area contributed by atoms with E-state index in [4.69, 9.17) is 21.3 Å². The van der Waals surface area contributed by atoms with Crippen molar-refractivity contribution in [3.63, 3.8) is 0 Å². The van der Waals surface area contributed by atoms with Crippen LogP contribution in [0.3, 0.4) is 0 Å². The number of aliphatic imine (C=N–C) groups is 1. The quantitative estimate of drug-likeness (QED) is 0.387. The molecule has 0 aliphatic carbocycles. The summed E-state index contributed by atoms with van der Waals surface area (Å²) in [4.78, 5) is 35.0. The number of ether oxygens (including phenoxy) is 1. The van der Waals surface area contributed by atoms with E-state index in [0.717, 1.165) is 15.6 Å². The minimum atomic E-state index is -0.534. The first-order valence-corrected chi connectivity index (χ1v) is 14.1. The van der Waals surface area contributed by atoms with E-state index in [2.05, 4.69) is 27.3 Å². The first-order chi connectivity index (χ1) is 19.2. The van der Waals surface area contributed by atoms with Gasteiger partial charge in [-0.2, -0.15) is 5.26 Å². The molecule has 1 fully saturated rings. The molecule has 2 heterocycles. The molecular weight excluding hydrogens is 594 g/mol. The fourth-order valence-electron chi connectivity index (χ4n) is 4.94. The molecule has 3 amide bonds. The van der Waals surface area contributed by atoms with Crippen LogP contribution in [0.1, 0.15) is 48.2 Å². The molecule has 0 bridgehead atoms. The second-order valence-corrected chi connectivity index (χ2v) is 11.2. The second kappa shape index (κ2) is 11.7. The van der Waals surface area contributed by atoms with Gasteiger partial charge in [-0.05, 0) is 67.4 Å². The maximum Gasteiger partial charge on any atom is 0.326 e. The Balaban J connectivity index is 1.71. The highest BCUT2D eigenvalue weighted by molar-refractivity contribution is 9.10.